The Balaban J connectivity index is 1.04. The Hall–Kier alpha value is -3.55. The molecule has 4 aromatic rings. The van der Waals surface area contributed by atoms with Crippen LogP contribution in [0.25, 0.3) is 11.0 Å². The normalized spacial score (nSPS) is 18.8. The molecule has 0 N–H and O–H groups in total. The number of piperazine rings is 1. The van der Waals surface area contributed by atoms with Gasteiger partial charge < -0.3 is 28.6 Å². The van der Waals surface area contributed by atoms with Gasteiger partial charge in [-0.1, -0.05) is 42.5 Å². The fraction of sp³-hybridized carbons (Fsp3) is 0.345. The molecule has 0 saturated carbocycles. The molecule has 0 atom stereocenters. The third kappa shape index (κ3) is 3.70. The van der Waals surface area contributed by atoms with Gasteiger partial charge in [0.25, 0.3) is 0 Å². The maximum Gasteiger partial charge on any atom is 0.206 e. The lowest BCUT2D eigenvalue weighted by Gasteiger charge is -2.38. The van der Waals surface area contributed by atoms with Crippen LogP contribution in [-0.4, -0.2) is 48.9 Å². The number of imidazole rings is 1. The Morgan fingerprint density at radius 3 is 2.31 bits per heavy atom. The first-order valence-electron chi connectivity index (χ1n) is 12.8. The number of nitrogens with zero attached hydrogens (tertiary/aromatic N) is 4. The summed E-state index contributed by atoms with van der Waals surface area (Å²) in [5, 5.41) is 0. The highest BCUT2D eigenvalue weighted by atomic mass is 16.7. The first-order valence-corrected chi connectivity index (χ1v) is 12.8. The Labute approximate surface area is 210 Å². The van der Waals surface area contributed by atoms with Gasteiger partial charge in [-0.15, -0.1) is 0 Å². The molecule has 3 aliphatic rings. The Bertz CT molecular complexity index is 1350. The van der Waals surface area contributed by atoms with Crippen LogP contribution in [0.2, 0.25) is 0 Å². The van der Waals surface area contributed by atoms with Gasteiger partial charge in [0.15, 0.2) is 5.79 Å². The quantitative estimate of drug-likeness (QED) is 0.416. The van der Waals surface area contributed by atoms with E-state index in [1.165, 1.54) is 11.3 Å². The molecule has 7 rings (SSSR count). The van der Waals surface area contributed by atoms with Crippen LogP contribution in [-0.2, 0) is 28.4 Å². The molecule has 4 heterocycles. The average Bonchev–Trinajstić information content (AvgIpc) is 3.57. The maximum absolute atomic E-state index is 6.10. The highest BCUT2D eigenvalue weighted by Gasteiger charge is 2.44. The molecule has 0 unspecified atom stereocenters. The summed E-state index contributed by atoms with van der Waals surface area (Å²) in [6.07, 6.45) is 0.821. The monoisotopic (exact) mass is 482 g/mol. The lowest BCUT2D eigenvalue weighted by molar-refractivity contribution is -0.174. The molecule has 0 amide bonds. The number of anilines is 2. The molecule has 36 heavy (non-hydrogen) atoms. The van der Waals surface area contributed by atoms with E-state index in [2.05, 4.69) is 69.0 Å². The number of rotatable bonds is 5. The van der Waals surface area contributed by atoms with Crippen molar-refractivity contribution in [3.05, 3.63) is 83.9 Å². The van der Waals surface area contributed by atoms with Gasteiger partial charge in [0.2, 0.25) is 5.95 Å². The van der Waals surface area contributed by atoms with Crippen molar-refractivity contribution in [3.8, 4) is 5.75 Å². The van der Waals surface area contributed by atoms with Crippen LogP contribution in [0.5, 0.6) is 5.75 Å². The van der Waals surface area contributed by atoms with E-state index in [0.717, 1.165) is 67.4 Å². The minimum absolute atomic E-state index is 0.584. The molecule has 184 valence electrons. The van der Waals surface area contributed by atoms with Crippen molar-refractivity contribution in [1.82, 2.24) is 9.55 Å². The van der Waals surface area contributed by atoms with Gasteiger partial charge >= 0.3 is 0 Å². The van der Waals surface area contributed by atoms with Gasteiger partial charge in [-0.05, 0) is 35.9 Å². The summed E-state index contributed by atoms with van der Waals surface area (Å²) in [6, 6.07) is 25.0. The summed E-state index contributed by atoms with van der Waals surface area (Å²) in [6.45, 7) is 6.52. The van der Waals surface area contributed by atoms with Crippen molar-refractivity contribution in [2.45, 2.75) is 25.4 Å². The van der Waals surface area contributed by atoms with Crippen LogP contribution in [0, 0.1) is 0 Å². The maximum atomic E-state index is 6.10. The summed E-state index contributed by atoms with van der Waals surface area (Å²) in [5.41, 5.74) is 5.71. The van der Waals surface area contributed by atoms with E-state index in [1.54, 1.807) is 0 Å². The van der Waals surface area contributed by atoms with Crippen molar-refractivity contribution in [1.29, 1.82) is 0 Å². The smallest absolute Gasteiger partial charge is 0.206 e. The van der Waals surface area contributed by atoms with Gasteiger partial charge in [-0.2, -0.15) is 0 Å². The second kappa shape index (κ2) is 8.84. The second-order valence-corrected chi connectivity index (χ2v) is 9.68. The van der Waals surface area contributed by atoms with Gasteiger partial charge in [-0.25, -0.2) is 4.98 Å². The molecule has 3 aromatic carbocycles. The van der Waals surface area contributed by atoms with Crippen LogP contribution in [0.4, 0.5) is 11.6 Å². The number of fused-ring (bicyclic) bond motifs is 1. The van der Waals surface area contributed by atoms with Gasteiger partial charge in [-0.3, -0.25) is 0 Å². The number of aryl methyl sites for hydroxylation is 1. The summed E-state index contributed by atoms with van der Waals surface area (Å²) < 4.78 is 20.5. The zero-order chi connectivity index (χ0) is 24.0. The predicted octanol–water partition coefficient (Wildman–Crippen LogP) is 4.55. The van der Waals surface area contributed by atoms with Gasteiger partial charge in [0.1, 0.15) is 12.4 Å². The molecule has 7 nitrogen and oxygen atoms in total. The Morgan fingerprint density at radius 1 is 0.778 bits per heavy atom. The van der Waals surface area contributed by atoms with Crippen LogP contribution >= 0.6 is 0 Å². The SMILES string of the molecule is c1ccc(COc2ccc(N3CCN(c4nc5cccc6c5n4CCC64OCCO4)CC3)cc2)cc1. The number of ether oxygens (including phenoxy) is 3. The largest absolute Gasteiger partial charge is 0.489 e. The molecule has 1 spiro atoms. The molecule has 1 aromatic heterocycles. The van der Waals surface area contributed by atoms with E-state index in [1.807, 2.05) is 18.2 Å². The third-order valence-corrected chi connectivity index (χ3v) is 7.59. The van der Waals surface area contributed by atoms with Crippen LogP contribution < -0.4 is 14.5 Å². The molecule has 7 heteroatoms. The number of hydrogen-bond donors (Lipinski definition) is 0. The average molecular weight is 483 g/mol. The van der Waals surface area contributed by atoms with Crippen LogP contribution in [0.1, 0.15) is 17.5 Å². The Morgan fingerprint density at radius 2 is 1.53 bits per heavy atom. The van der Waals surface area contributed by atoms with Gasteiger partial charge in [0.05, 0.1) is 24.2 Å². The Kier molecular flexibility index (Phi) is 5.33. The summed E-state index contributed by atoms with van der Waals surface area (Å²) >= 11 is 0. The lowest BCUT2D eigenvalue weighted by atomic mass is 9.97. The molecular formula is C29H30N4O3. The van der Waals surface area contributed by atoms with Gasteiger partial charge in [0, 0.05) is 50.4 Å². The van der Waals surface area contributed by atoms with Crippen LogP contribution in [0.3, 0.4) is 0 Å². The van der Waals surface area contributed by atoms with Crippen molar-refractivity contribution >= 4 is 22.7 Å². The van der Waals surface area contributed by atoms with Crippen molar-refractivity contribution < 1.29 is 14.2 Å². The molecule has 0 bridgehead atoms. The molecule has 2 fully saturated rings. The van der Waals surface area contributed by atoms with Crippen LogP contribution in [0.15, 0.2) is 72.8 Å². The zero-order valence-corrected chi connectivity index (χ0v) is 20.3. The highest BCUT2D eigenvalue weighted by Crippen LogP contribution is 2.44. The van der Waals surface area contributed by atoms with E-state index in [4.69, 9.17) is 19.2 Å². The summed E-state index contributed by atoms with van der Waals surface area (Å²) in [5.74, 6) is 1.37. The van der Waals surface area contributed by atoms with E-state index in [-0.39, 0.29) is 0 Å². The third-order valence-electron chi connectivity index (χ3n) is 7.59. The van der Waals surface area contributed by atoms with E-state index in [0.29, 0.717) is 19.8 Å². The first-order chi connectivity index (χ1) is 17.8. The van der Waals surface area contributed by atoms with E-state index in [9.17, 15) is 0 Å². The predicted molar refractivity (Wildman–Crippen MR) is 140 cm³/mol. The number of aromatic nitrogens is 2. The first kappa shape index (κ1) is 21.7. The number of benzene rings is 3. The fourth-order valence-corrected chi connectivity index (χ4v) is 5.74. The lowest BCUT2D eigenvalue weighted by Crippen LogP contribution is -2.47. The molecule has 2 saturated heterocycles. The molecule has 3 aliphatic heterocycles. The van der Waals surface area contributed by atoms with Crippen molar-refractivity contribution in [2.75, 3.05) is 49.2 Å². The molecular weight excluding hydrogens is 452 g/mol. The summed E-state index contributed by atoms with van der Waals surface area (Å²) in [7, 11) is 0. The van der Waals surface area contributed by atoms with Crippen molar-refractivity contribution in [2.24, 2.45) is 0 Å². The number of hydrogen-bond acceptors (Lipinski definition) is 6. The molecule has 0 aliphatic carbocycles. The second-order valence-electron chi connectivity index (χ2n) is 9.68. The fourth-order valence-electron chi connectivity index (χ4n) is 5.74. The van der Waals surface area contributed by atoms with Crippen molar-refractivity contribution in [3.63, 3.8) is 0 Å². The molecule has 0 radical (unpaired) electrons. The summed E-state index contributed by atoms with van der Waals surface area (Å²) in [4.78, 5) is 9.92. The minimum atomic E-state index is -0.595. The van der Waals surface area contributed by atoms with E-state index >= 15 is 0 Å². The van der Waals surface area contributed by atoms with E-state index < -0.39 is 5.79 Å². The zero-order valence-electron chi connectivity index (χ0n) is 20.3. The standard InChI is InChI=1S/C29H30N4O3/c1-2-5-22(6-3-1)21-34-24-11-9-23(10-12-24)31-15-17-32(18-16-31)28-30-26-8-4-7-25-27(26)33(28)14-13-29(25)35-19-20-36-29/h1-12H,13-21H2. The minimum Gasteiger partial charge on any atom is -0.489 e. The topological polar surface area (TPSA) is 52.0 Å². The number of para-hydroxylation sites is 1. The highest BCUT2D eigenvalue weighted by molar-refractivity contribution is 5.83.